The number of esters is 1. The van der Waals surface area contributed by atoms with E-state index in [9.17, 15) is 4.79 Å². The average molecular weight is 281 g/mol. The van der Waals surface area contributed by atoms with Crippen molar-refractivity contribution in [2.45, 2.75) is 12.8 Å². The van der Waals surface area contributed by atoms with E-state index in [4.69, 9.17) is 26.5 Å². The number of rotatable bonds is 3. The van der Waals surface area contributed by atoms with Crippen molar-refractivity contribution in [1.29, 1.82) is 0 Å². The van der Waals surface area contributed by atoms with Crippen LogP contribution in [0.4, 0.5) is 6.01 Å². The van der Waals surface area contributed by atoms with Gasteiger partial charge in [0.1, 0.15) is 12.0 Å². The van der Waals surface area contributed by atoms with Crippen LogP contribution in [0.2, 0.25) is 5.02 Å². The van der Waals surface area contributed by atoms with E-state index in [0.717, 1.165) is 5.56 Å². The number of anilines is 1. The number of nitrogen functional groups attached to an aromatic ring is 1. The lowest BCUT2D eigenvalue weighted by molar-refractivity contribution is -0.141. The van der Waals surface area contributed by atoms with Crippen molar-refractivity contribution in [3.05, 3.63) is 35.0 Å². The van der Waals surface area contributed by atoms with E-state index in [1.807, 2.05) is 0 Å². The van der Waals surface area contributed by atoms with Gasteiger partial charge in [-0.3, -0.25) is 4.79 Å². The van der Waals surface area contributed by atoms with E-state index in [1.54, 1.807) is 25.1 Å². The quantitative estimate of drug-likeness (QED) is 0.875. The fourth-order valence-electron chi connectivity index (χ4n) is 1.84. The Morgan fingerprint density at radius 3 is 2.84 bits per heavy atom. The Kier molecular flexibility index (Phi) is 3.76. The van der Waals surface area contributed by atoms with E-state index in [-0.39, 0.29) is 12.0 Å². The lowest BCUT2D eigenvalue weighted by Crippen LogP contribution is -2.11. The molecule has 0 fully saturated rings. The second kappa shape index (κ2) is 5.32. The lowest BCUT2D eigenvalue weighted by Gasteiger charge is -2.13. The maximum Gasteiger partial charge on any atom is 0.312 e. The summed E-state index contributed by atoms with van der Waals surface area (Å²) in [5.74, 6) is -0.768. The summed E-state index contributed by atoms with van der Waals surface area (Å²) in [5.41, 5.74) is 7.45. The summed E-state index contributed by atoms with van der Waals surface area (Å²) >= 11 is 5.99. The second-order valence-electron chi connectivity index (χ2n) is 4.05. The number of hydrogen-bond donors (Lipinski definition) is 1. The Labute approximate surface area is 115 Å². The van der Waals surface area contributed by atoms with E-state index in [1.165, 1.54) is 13.4 Å². The number of carbonyl (C=O) groups is 1. The molecule has 0 saturated carbocycles. The molecule has 6 heteroatoms. The van der Waals surface area contributed by atoms with Crippen LogP contribution >= 0.6 is 11.6 Å². The van der Waals surface area contributed by atoms with Crippen LogP contribution in [0, 0.1) is 0 Å². The molecule has 0 saturated heterocycles. The molecule has 2 aromatic rings. The van der Waals surface area contributed by atoms with Gasteiger partial charge < -0.3 is 14.9 Å². The Morgan fingerprint density at radius 2 is 2.26 bits per heavy atom. The molecule has 0 amide bonds. The van der Waals surface area contributed by atoms with Gasteiger partial charge in [-0.05, 0) is 24.6 Å². The van der Waals surface area contributed by atoms with E-state index in [2.05, 4.69) is 4.98 Å². The molecule has 1 unspecified atom stereocenters. The largest absolute Gasteiger partial charge is 0.469 e. The number of ether oxygens (including phenoxy) is 1. The Balaban J connectivity index is 2.52. The van der Waals surface area contributed by atoms with Crippen LogP contribution in [0.3, 0.4) is 0 Å². The van der Waals surface area contributed by atoms with Crippen LogP contribution in [0.5, 0.6) is 0 Å². The Morgan fingerprint density at radius 1 is 1.53 bits per heavy atom. The predicted molar refractivity (Wildman–Crippen MR) is 71.8 cm³/mol. The molecular weight excluding hydrogens is 268 g/mol. The number of carbonyl (C=O) groups excluding carboxylic acids is 1. The molecule has 5 nitrogen and oxygen atoms in total. The highest BCUT2D eigenvalue weighted by molar-refractivity contribution is 6.30. The normalized spacial score (nSPS) is 12.2. The minimum absolute atomic E-state index is 0.0617. The maximum atomic E-state index is 11.7. The van der Waals surface area contributed by atoms with Gasteiger partial charge in [-0.2, -0.15) is 4.98 Å². The van der Waals surface area contributed by atoms with Crippen LogP contribution in [0.1, 0.15) is 18.4 Å². The molecular formula is C13H13ClN2O3. The second-order valence-corrected chi connectivity index (χ2v) is 4.48. The van der Waals surface area contributed by atoms with Crippen LogP contribution < -0.4 is 5.73 Å². The van der Waals surface area contributed by atoms with Gasteiger partial charge in [-0.25, -0.2) is 0 Å². The molecule has 0 radical (unpaired) electrons. The number of oxazole rings is 1. The number of nitrogens with two attached hydrogens (primary N) is 1. The summed E-state index contributed by atoms with van der Waals surface area (Å²) in [6.07, 6.45) is 1.43. The first-order valence-electron chi connectivity index (χ1n) is 5.61. The zero-order chi connectivity index (χ0) is 14.0. The maximum absolute atomic E-state index is 11.7. The molecule has 100 valence electrons. The third-order valence-corrected chi connectivity index (χ3v) is 3.07. The summed E-state index contributed by atoms with van der Waals surface area (Å²) in [4.78, 5) is 15.7. The van der Waals surface area contributed by atoms with Crippen LogP contribution in [0.25, 0.3) is 11.3 Å². The van der Waals surface area contributed by atoms with Crippen LogP contribution in [-0.4, -0.2) is 18.1 Å². The van der Waals surface area contributed by atoms with Crippen molar-refractivity contribution in [2.24, 2.45) is 0 Å². The SMILES string of the molecule is COC(=O)C(C)c1ccc(Cl)cc1-c1coc(N)n1. The minimum atomic E-state index is -0.435. The Bertz CT molecular complexity index is 610. The van der Waals surface area contributed by atoms with Crippen molar-refractivity contribution in [2.75, 3.05) is 12.8 Å². The highest BCUT2D eigenvalue weighted by Crippen LogP contribution is 2.32. The van der Waals surface area contributed by atoms with Gasteiger partial charge in [-0.15, -0.1) is 0 Å². The molecule has 0 aliphatic rings. The fourth-order valence-corrected chi connectivity index (χ4v) is 2.02. The third-order valence-electron chi connectivity index (χ3n) is 2.83. The van der Waals surface area contributed by atoms with Crippen LogP contribution in [0.15, 0.2) is 28.9 Å². The number of hydrogen-bond acceptors (Lipinski definition) is 5. The van der Waals surface area contributed by atoms with Crippen molar-refractivity contribution in [1.82, 2.24) is 4.98 Å². The zero-order valence-electron chi connectivity index (χ0n) is 10.5. The van der Waals surface area contributed by atoms with E-state index < -0.39 is 5.92 Å². The van der Waals surface area contributed by atoms with Gasteiger partial charge in [0.15, 0.2) is 0 Å². The van der Waals surface area contributed by atoms with E-state index in [0.29, 0.717) is 16.3 Å². The zero-order valence-corrected chi connectivity index (χ0v) is 11.3. The third kappa shape index (κ3) is 2.71. The van der Waals surface area contributed by atoms with Gasteiger partial charge in [0.25, 0.3) is 6.01 Å². The van der Waals surface area contributed by atoms with Gasteiger partial charge in [0.05, 0.1) is 13.0 Å². The smallest absolute Gasteiger partial charge is 0.312 e. The monoisotopic (exact) mass is 280 g/mol. The first kappa shape index (κ1) is 13.4. The molecule has 0 aliphatic carbocycles. The molecule has 1 heterocycles. The first-order chi connectivity index (χ1) is 9.02. The fraction of sp³-hybridized carbons (Fsp3) is 0.231. The summed E-state index contributed by atoms with van der Waals surface area (Å²) in [5, 5.41) is 0.539. The molecule has 1 aromatic heterocycles. The molecule has 0 spiro atoms. The van der Waals surface area contributed by atoms with E-state index >= 15 is 0 Å². The molecule has 1 atom stereocenters. The number of methoxy groups -OCH3 is 1. The molecule has 2 rings (SSSR count). The highest BCUT2D eigenvalue weighted by atomic mass is 35.5. The summed E-state index contributed by atoms with van der Waals surface area (Å²) in [6.45, 7) is 1.75. The molecule has 19 heavy (non-hydrogen) atoms. The average Bonchev–Trinajstić information content (AvgIpc) is 2.83. The van der Waals surface area contributed by atoms with Crippen molar-refractivity contribution in [3.63, 3.8) is 0 Å². The minimum Gasteiger partial charge on any atom is -0.469 e. The molecule has 0 bridgehead atoms. The first-order valence-corrected chi connectivity index (χ1v) is 5.99. The molecule has 2 N–H and O–H groups in total. The topological polar surface area (TPSA) is 78.3 Å². The molecule has 1 aromatic carbocycles. The van der Waals surface area contributed by atoms with Crippen molar-refractivity contribution in [3.8, 4) is 11.3 Å². The number of halogens is 1. The lowest BCUT2D eigenvalue weighted by atomic mass is 9.94. The number of benzene rings is 1. The molecule has 0 aliphatic heterocycles. The number of aromatic nitrogens is 1. The number of nitrogens with zero attached hydrogens (tertiary/aromatic N) is 1. The van der Waals surface area contributed by atoms with Gasteiger partial charge in [0, 0.05) is 10.6 Å². The van der Waals surface area contributed by atoms with Crippen molar-refractivity contribution >= 4 is 23.6 Å². The van der Waals surface area contributed by atoms with Crippen LogP contribution in [-0.2, 0) is 9.53 Å². The van der Waals surface area contributed by atoms with Gasteiger partial charge in [-0.1, -0.05) is 17.7 Å². The van der Waals surface area contributed by atoms with Gasteiger partial charge >= 0.3 is 5.97 Å². The van der Waals surface area contributed by atoms with Gasteiger partial charge in [0.2, 0.25) is 0 Å². The van der Waals surface area contributed by atoms with Crippen molar-refractivity contribution < 1.29 is 13.9 Å². The summed E-state index contributed by atoms with van der Waals surface area (Å²) < 4.78 is 9.74. The summed E-state index contributed by atoms with van der Waals surface area (Å²) in [7, 11) is 1.35. The summed E-state index contributed by atoms with van der Waals surface area (Å²) in [6, 6.07) is 5.26. The predicted octanol–water partition coefficient (Wildman–Crippen LogP) is 2.85. The standard InChI is InChI=1S/C13H13ClN2O3/c1-7(12(17)18-2)9-4-3-8(14)5-10(9)11-6-19-13(15)16-11/h3-7H,1-2H3,(H2,15,16). The highest BCUT2D eigenvalue weighted by Gasteiger charge is 2.21. The Hall–Kier alpha value is -2.01.